The second-order valence-corrected chi connectivity index (χ2v) is 7.78. The van der Waals surface area contributed by atoms with E-state index in [1.807, 2.05) is 0 Å². The molecule has 26 heavy (non-hydrogen) atoms. The average molecular weight is 345 g/mol. The summed E-state index contributed by atoms with van der Waals surface area (Å²) in [5, 5.41) is 0. The monoisotopic (exact) mass is 344 g/mol. The zero-order valence-electron chi connectivity index (χ0n) is 16.4. The highest BCUT2D eigenvalue weighted by Gasteiger charge is 2.21. The van der Waals surface area contributed by atoms with Crippen molar-refractivity contribution in [2.24, 2.45) is 5.92 Å². The normalized spacial score (nSPS) is 19.6. The summed E-state index contributed by atoms with van der Waals surface area (Å²) in [6.45, 7) is 4.48. The smallest absolute Gasteiger partial charge is 0.0249 e. The Morgan fingerprint density at radius 1 is 0.769 bits per heavy atom. The van der Waals surface area contributed by atoms with Gasteiger partial charge >= 0.3 is 0 Å². The van der Waals surface area contributed by atoms with Gasteiger partial charge in [-0.15, -0.1) is 0 Å². The Hall–Kier alpha value is -2.00. The highest BCUT2D eigenvalue weighted by atomic mass is 14.3. The van der Waals surface area contributed by atoms with Crippen LogP contribution in [0.3, 0.4) is 0 Å². The van der Waals surface area contributed by atoms with Gasteiger partial charge < -0.3 is 0 Å². The standard InChI is InChI=1S/C26H32/c1-3-5-6-22-13-17-25(18-14-22)26-19-15-24(16-20-26)12-11-23-9-7-21(4-2)8-10-23/h7-10,15-16,19-20,22,25H,3-6,13-14,17-18H2,1-2H3. The molecule has 2 aromatic rings. The van der Waals surface area contributed by atoms with Gasteiger partial charge in [0.05, 0.1) is 0 Å². The van der Waals surface area contributed by atoms with Crippen molar-refractivity contribution < 1.29 is 0 Å². The molecule has 0 heteroatoms. The fourth-order valence-corrected chi connectivity index (χ4v) is 4.08. The topological polar surface area (TPSA) is 0 Å². The van der Waals surface area contributed by atoms with Gasteiger partial charge in [0.15, 0.2) is 0 Å². The molecule has 0 radical (unpaired) electrons. The van der Waals surface area contributed by atoms with Gasteiger partial charge in [0.1, 0.15) is 0 Å². The first-order valence-electron chi connectivity index (χ1n) is 10.5. The summed E-state index contributed by atoms with van der Waals surface area (Å²) in [6.07, 6.45) is 10.8. The summed E-state index contributed by atoms with van der Waals surface area (Å²) in [5.41, 5.74) is 5.09. The lowest BCUT2D eigenvalue weighted by Gasteiger charge is -2.28. The number of benzene rings is 2. The van der Waals surface area contributed by atoms with Gasteiger partial charge in [0, 0.05) is 11.1 Å². The van der Waals surface area contributed by atoms with Gasteiger partial charge in [-0.25, -0.2) is 0 Å². The van der Waals surface area contributed by atoms with Crippen LogP contribution < -0.4 is 0 Å². The Labute approximate surface area is 160 Å². The lowest BCUT2D eigenvalue weighted by atomic mass is 9.77. The summed E-state index contributed by atoms with van der Waals surface area (Å²) < 4.78 is 0. The molecule has 0 bridgehead atoms. The SMILES string of the molecule is CCCCC1CCC(c2ccc(C#Cc3ccc(CC)cc3)cc2)CC1. The van der Waals surface area contributed by atoms with E-state index in [2.05, 4.69) is 74.2 Å². The second-order valence-electron chi connectivity index (χ2n) is 7.78. The zero-order chi connectivity index (χ0) is 18.2. The quantitative estimate of drug-likeness (QED) is 0.507. The summed E-state index contributed by atoms with van der Waals surface area (Å²) in [7, 11) is 0. The van der Waals surface area contributed by atoms with Crippen LogP contribution >= 0.6 is 0 Å². The van der Waals surface area contributed by atoms with Crippen molar-refractivity contribution in [1.82, 2.24) is 0 Å². The number of hydrogen-bond donors (Lipinski definition) is 0. The van der Waals surface area contributed by atoms with E-state index in [-0.39, 0.29) is 0 Å². The van der Waals surface area contributed by atoms with Gasteiger partial charge in [-0.2, -0.15) is 0 Å². The van der Waals surface area contributed by atoms with Crippen LogP contribution in [-0.4, -0.2) is 0 Å². The molecule has 0 atom stereocenters. The van der Waals surface area contributed by atoms with Crippen LogP contribution in [0.2, 0.25) is 0 Å². The van der Waals surface area contributed by atoms with E-state index >= 15 is 0 Å². The van der Waals surface area contributed by atoms with Crippen molar-refractivity contribution in [1.29, 1.82) is 0 Å². The summed E-state index contributed by atoms with van der Waals surface area (Å²) >= 11 is 0. The molecule has 1 aliphatic carbocycles. The third kappa shape index (κ3) is 5.25. The first kappa shape index (κ1) is 18.8. The van der Waals surface area contributed by atoms with Crippen molar-refractivity contribution in [2.75, 3.05) is 0 Å². The molecule has 0 nitrogen and oxygen atoms in total. The van der Waals surface area contributed by atoms with Crippen molar-refractivity contribution in [3.63, 3.8) is 0 Å². The molecule has 0 heterocycles. The van der Waals surface area contributed by atoms with E-state index in [4.69, 9.17) is 0 Å². The maximum absolute atomic E-state index is 3.31. The molecule has 1 fully saturated rings. The predicted octanol–water partition coefficient (Wildman–Crippen LogP) is 7.11. The fourth-order valence-electron chi connectivity index (χ4n) is 4.08. The van der Waals surface area contributed by atoms with E-state index in [0.717, 1.165) is 29.4 Å². The molecule has 0 spiro atoms. The summed E-state index contributed by atoms with van der Waals surface area (Å²) in [5.74, 6) is 8.34. The molecule has 0 amide bonds. The lowest BCUT2D eigenvalue weighted by Crippen LogP contribution is -2.13. The Balaban J connectivity index is 1.56. The zero-order valence-corrected chi connectivity index (χ0v) is 16.4. The molecule has 3 rings (SSSR count). The third-order valence-corrected chi connectivity index (χ3v) is 5.91. The number of unbranched alkanes of at least 4 members (excludes halogenated alkanes) is 1. The van der Waals surface area contributed by atoms with Crippen LogP contribution in [0.5, 0.6) is 0 Å². The Bertz CT molecular complexity index is 716. The minimum Gasteiger partial charge on any atom is -0.0654 e. The molecule has 0 aliphatic heterocycles. The van der Waals surface area contributed by atoms with Crippen molar-refractivity contribution in [3.8, 4) is 11.8 Å². The van der Waals surface area contributed by atoms with E-state index in [1.165, 1.54) is 56.1 Å². The van der Waals surface area contributed by atoms with Crippen LogP contribution in [0, 0.1) is 17.8 Å². The average Bonchev–Trinajstić information content (AvgIpc) is 2.72. The molecule has 0 unspecified atom stereocenters. The van der Waals surface area contributed by atoms with E-state index in [9.17, 15) is 0 Å². The predicted molar refractivity (Wildman–Crippen MR) is 112 cm³/mol. The number of rotatable bonds is 5. The minimum absolute atomic E-state index is 0.761. The summed E-state index contributed by atoms with van der Waals surface area (Å²) in [6, 6.07) is 17.6. The molecule has 0 N–H and O–H groups in total. The van der Waals surface area contributed by atoms with Crippen LogP contribution in [0.25, 0.3) is 0 Å². The lowest BCUT2D eigenvalue weighted by molar-refractivity contribution is 0.304. The molecule has 136 valence electrons. The van der Waals surface area contributed by atoms with Gasteiger partial charge in [-0.1, -0.05) is 69.2 Å². The molecule has 1 saturated carbocycles. The third-order valence-electron chi connectivity index (χ3n) is 5.91. The maximum Gasteiger partial charge on any atom is 0.0249 e. The molecule has 0 saturated heterocycles. The number of aryl methyl sites for hydroxylation is 1. The molecule has 0 aromatic heterocycles. The van der Waals surface area contributed by atoms with Crippen LogP contribution in [0.4, 0.5) is 0 Å². The highest BCUT2D eigenvalue weighted by molar-refractivity contribution is 5.44. The van der Waals surface area contributed by atoms with Crippen LogP contribution in [-0.2, 0) is 6.42 Å². The van der Waals surface area contributed by atoms with Gasteiger partial charge in [-0.05, 0) is 79.3 Å². The van der Waals surface area contributed by atoms with Gasteiger partial charge in [0.25, 0.3) is 0 Å². The summed E-state index contributed by atoms with van der Waals surface area (Å²) in [4.78, 5) is 0. The first-order valence-corrected chi connectivity index (χ1v) is 10.5. The van der Waals surface area contributed by atoms with Crippen molar-refractivity contribution in [2.45, 2.75) is 71.1 Å². The molecular formula is C26H32. The molecule has 2 aromatic carbocycles. The van der Waals surface area contributed by atoms with E-state index < -0.39 is 0 Å². The fraction of sp³-hybridized carbons (Fsp3) is 0.462. The maximum atomic E-state index is 3.31. The van der Waals surface area contributed by atoms with Crippen molar-refractivity contribution in [3.05, 3.63) is 70.8 Å². The van der Waals surface area contributed by atoms with Crippen LogP contribution in [0.15, 0.2) is 48.5 Å². The Kier molecular flexibility index (Phi) is 6.96. The largest absolute Gasteiger partial charge is 0.0654 e. The Morgan fingerprint density at radius 3 is 1.88 bits per heavy atom. The Morgan fingerprint density at radius 2 is 1.35 bits per heavy atom. The van der Waals surface area contributed by atoms with E-state index in [0.29, 0.717) is 0 Å². The molecular weight excluding hydrogens is 312 g/mol. The second kappa shape index (κ2) is 9.63. The van der Waals surface area contributed by atoms with E-state index in [1.54, 1.807) is 0 Å². The first-order chi connectivity index (χ1) is 12.8. The number of hydrogen-bond acceptors (Lipinski definition) is 0. The van der Waals surface area contributed by atoms with Crippen LogP contribution in [0.1, 0.15) is 87.0 Å². The minimum atomic E-state index is 0.761. The molecule has 1 aliphatic rings. The van der Waals surface area contributed by atoms with Gasteiger partial charge in [0.2, 0.25) is 0 Å². The van der Waals surface area contributed by atoms with Crippen molar-refractivity contribution >= 4 is 0 Å². The van der Waals surface area contributed by atoms with Gasteiger partial charge in [-0.3, -0.25) is 0 Å². The highest BCUT2D eigenvalue weighted by Crippen LogP contribution is 2.37.